The van der Waals surface area contributed by atoms with Gasteiger partial charge in [0.15, 0.2) is 0 Å². The predicted molar refractivity (Wildman–Crippen MR) is 84.5 cm³/mol. The van der Waals surface area contributed by atoms with Crippen LogP contribution in [-0.4, -0.2) is 29.9 Å². The van der Waals surface area contributed by atoms with Gasteiger partial charge in [-0.05, 0) is 37.5 Å². The van der Waals surface area contributed by atoms with Crippen molar-refractivity contribution in [2.45, 2.75) is 40.3 Å². The Morgan fingerprint density at radius 2 is 1.80 bits per heavy atom. The Morgan fingerprint density at radius 3 is 2.25 bits per heavy atom. The SMILES string of the molecule is CC(C)CN(CC(=O)Nc1ccc(CN)cc1)C(C)C. The molecule has 1 amide bonds. The van der Waals surface area contributed by atoms with E-state index >= 15 is 0 Å². The Morgan fingerprint density at radius 1 is 1.20 bits per heavy atom. The maximum absolute atomic E-state index is 12.1. The van der Waals surface area contributed by atoms with E-state index in [0.29, 0.717) is 25.0 Å². The van der Waals surface area contributed by atoms with Crippen LogP contribution in [0.3, 0.4) is 0 Å². The van der Waals surface area contributed by atoms with E-state index in [4.69, 9.17) is 5.73 Å². The van der Waals surface area contributed by atoms with Crippen LogP contribution in [0.1, 0.15) is 33.3 Å². The molecule has 0 aliphatic heterocycles. The molecule has 0 spiro atoms. The molecule has 1 aromatic rings. The number of hydrogen-bond acceptors (Lipinski definition) is 3. The molecule has 112 valence electrons. The topological polar surface area (TPSA) is 58.4 Å². The molecule has 0 saturated carbocycles. The molecular weight excluding hydrogens is 250 g/mol. The van der Waals surface area contributed by atoms with Crippen molar-refractivity contribution in [3.05, 3.63) is 29.8 Å². The van der Waals surface area contributed by atoms with Gasteiger partial charge in [0, 0.05) is 24.8 Å². The van der Waals surface area contributed by atoms with Crippen LogP contribution in [0.25, 0.3) is 0 Å². The van der Waals surface area contributed by atoms with Gasteiger partial charge in [-0.25, -0.2) is 0 Å². The van der Waals surface area contributed by atoms with Gasteiger partial charge in [0.25, 0.3) is 0 Å². The van der Waals surface area contributed by atoms with Crippen LogP contribution in [0.2, 0.25) is 0 Å². The number of nitrogens with two attached hydrogens (primary N) is 1. The smallest absolute Gasteiger partial charge is 0.238 e. The Balaban J connectivity index is 2.56. The Labute approximate surface area is 122 Å². The zero-order valence-corrected chi connectivity index (χ0v) is 13.0. The van der Waals surface area contributed by atoms with E-state index in [9.17, 15) is 4.79 Å². The second-order valence-corrected chi connectivity index (χ2v) is 5.87. The summed E-state index contributed by atoms with van der Waals surface area (Å²) in [5.74, 6) is 0.578. The van der Waals surface area contributed by atoms with Gasteiger partial charge < -0.3 is 11.1 Å². The van der Waals surface area contributed by atoms with E-state index in [2.05, 4.69) is 37.9 Å². The summed E-state index contributed by atoms with van der Waals surface area (Å²) >= 11 is 0. The molecule has 0 aromatic heterocycles. The first-order chi connectivity index (χ1) is 9.42. The van der Waals surface area contributed by atoms with Crippen molar-refractivity contribution < 1.29 is 4.79 Å². The van der Waals surface area contributed by atoms with Crippen molar-refractivity contribution >= 4 is 11.6 Å². The van der Waals surface area contributed by atoms with E-state index in [1.165, 1.54) is 0 Å². The highest BCUT2D eigenvalue weighted by Crippen LogP contribution is 2.10. The summed E-state index contributed by atoms with van der Waals surface area (Å²) in [4.78, 5) is 14.3. The molecule has 0 atom stereocenters. The molecule has 0 bridgehead atoms. The van der Waals surface area contributed by atoms with Crippen molar-refractivity contribution in [1.82, 2.24) is 4.90 Å². The molecule has 3 N–H and O–H groups in total. The lowest BCUT2D eigenvalue weighted by Gasteiger charge is -2.27. The predicted octanol–water partition coefficient (Wildman–Crippen LogP) is 2.45. The second-order valence-electron chi connectivity index (χ2n) is 5.87. The van der Waals surface area contributed by atoms with Gasteiger partial charge in [0.1, 0.15) is 0 Å². The summed E-state index contributed by atoms with van der Waals surface area (Å²) in [6.45, 7) is 10.4. The van der Waals surface area contributed by atoms with E-state index in [1.54, 1.807) is 0 Å². The highest BCUT2D eigenvalue weighted by Gasteiger charge is 2.15. The van der Waals surface area contributed by atoms with Gasteiger partial charge >= 0.3 is 0 Å². The molecule has 0 heterocycles. The third-order valence-electron chi connectivity index (χ3n) is 3.15. The minimum absolute atomic E-state index is 0.0276. The van der Waals surface area contributed by atoms with Gasteiger partial charge in [0.05, 0.1) is 6.54 Å². The molecular formula is C16H27N3O. The summed E-state index contributed by atoms with van der Waals surface area (Å²) < 4.78 is 0. The molecule has 20 heavy (non-hydrogen) atoms. The molecule has 0 fully saturated rings. The summed E-state index contributed by atoms with van der Waals surface area (Å²) in [6.07, 6.45) is 0. The normalized spacial score (nSPS) is 11.4. The molecule has 0 aliphatic rings. The van der Waals surface area contributed by atoms with Crippen molar-refractivity contribution in [2.75, 3.05) is 18.4 Å². The van der Waals surface area contributed by atoms with Crippen LogP contribution in [0.15, 0.2) is 24.3 Å². The highest BCUT2D eigenvalue weighted by molar-refractivity contribution is 5.92. The molecule has 0 radical (unpaired) electrons. The van der Waals surface area contributed by atoms with E-state index in [1.807, 2.05) is 24.3 Å². The first kappa shape index (κ1) is 16.7. The zero-order valence-electron chi connectivity index (χ0n) is 13.0. The number of hydrogen-bond donors (Lipinski definition) is 2. The van der Waals surface area contributed by atoms with Crippen LogP contribution in [0.4, 0.5) is 5.69 Å². The monoisotopic (exact) mass is 277 g/mol. The lowest BCUT2D eigenvalue weighted by Crippen LogP contribution is -2.40. The van der Waals surface area contributed by atoms with Crippen molar-refractivity contribution in [2.24, 2.45) is 11.7 Å². The second kappa shape index (κ2) is 8.02. The standard InChI is InChI=1S/C16H27N3O/c1-12(2)10-19(13(3)4)11-16(20)18-15-7-5-14(9-17)6-8-15/h5-8,12-13H,9-11,17H2,1-4H3,(H,18,20). The molecule has 1 aromatic carbocycles. The van der Waals surface area contributed by atoms with Crippen molar-refractivity contribution in [1.29, 1.82) is 0 Å². The van der Waals surface area contributed by atoms with Gasteiger partial charge in [0.2, 0.25) is 5.91 Å². The molecule has 0 saturated heterocycles. The quantitative estimate of drug-likeness (QED) is 0.805. The van der Waals surface area contributed by atoms with E-state index in [-0.39, 0.29) is 5.91 Å². The van der Waals surface area contributed by atoms with Crippen LogP contribution >= 0.6 is 0 Å². The van der Waals surface area contributed by atoms with Gasteiger partial charge in [-0.1, -0.05) is 26.0 Å². The zero-order chi connectivity index (χ0) is 15.1. The minimum atomic E-state index is 0.0276. The number of carbonyl (C=O) groups is 1. The minimum Gasteiger partial charge on any atom is -0.326 e. The van der Waals surface area contributed by atoms with Crippen LogP contribution in [-0.2, 0) is 11.3 Å². The number of amides is 1. The van der Waals surface area contributed by atoms with E-state index < -0.39 is 0 Å². The molecule has 1 rings (SSSR count). The number of benzene rings is 1. The fraction of sp³-hybridized carbons (Fsp3) is 0.562. The van der Waals surface area contributed by atoms with Crippen LogP contribution in [0.5, 0.6) is 0 Å². The third kappa shape index (κ3) is 5.72. The average Bonchev–Trinajstić information content (AvgIpc) is 2.38. The van der Waals surface area contributed by atoms with Crippen LogP contribution < -0.4 is 11.1 Å². The fourth-order valence-corrected chi connectivity index (χ4v) is 2.04. The molecule has 0 unspecified atom stereocenters. The summed E-state index contributed by atoms with van der Waals surface area (Å²) in [6, 6.07) is 8.01. The lowest BCUT2D eigenvalue weighted by molar-refractivity contribution is -0.117. The van der Waals surface area contributed by atoms with Gasteiger partial charge in [-0.2, -0.15) is 0 Å². The fourth-order valence-electron chi connectivity index (χ4n) is 2.04. The largest absolute Gasteiger partial charge is 0.326 e. The number of anilines is 1. The first-order valence-electron chi connectivity index (χ1n) is 7.25. The summed E-state index contributed by atoms with van der Waals surface area (Å²) in [5.41, 5.74) is 7.43. The summed E-state index contributed by atoms with van der Waals surface area (Å²) in [5, 5.41) is 2.93. The lowest BCUT2D eigenvalue weighted by atomic mass is 10.1. The third-order valence-corrected chi connectivity index (χ3v) is 3.15. The maximum Gasteiger partial charge on any atom is 0.238 e. The first-order valence-corrected chi connectivity index (χ1v) is 7.25. The average molecular weight is 277 g/mol. The van der Waals surface area contributed by atoms with E-state index in [0.717, 1.165) is 17.8 Å². The molecule has 4 nitrogen and oxygen atoms in total. The van der Waals surface area contributed by atoms with Crippen molar-refractivity contribution in [3.8, 4) is 0 Å². The van der Waals surface area contributed by atoms with Crippen LogP contribution in [0, 0.1) is 5.92 Å². The van der Waals surface area contributed by atoms with Gasteiger partial charge in [-0.15, -0.1) is 0 Å². The molecule has 4 heteroatoms. The van der Waals surface area contributed by atoms with Crippen molar-refractivity contribution in [3.63, 3.8) is 0 Å². The Bertz CT molecular complexity index is 412. The maximum atomic E-state index is 12.1. The highest BCUT2D eigenvalue weighted by atomic mass is 16.2. The number of rotatable bonds is 7. The Hall–Kier alpha value is -1.39. The summed E-state index contributed by atoms with van der Waals surface area (Å²) in [7, 11) is 0. The number of carbonyl (C=O) groups excluding carboxylic acids is 1. The van der Waals surface area contributed by atoms with Gasteiger partial charge in [-0.3, -0.25) is 9.69 Å². The number of nitrogens with one attached hydrogen (secondary N) is 1. The molecule has 0 aliphatic carbocycles. The Kier molecular flexibility index (Phi) is 6.68. The number of nitrogens with zero attached hydrogens (tertiary/aromatic N) is 1.